The molecule has 102 valence electrons. The van der Waals surface area contributed by atoms with Gasteiger partial charge in [0.05, 0.1) is 6.61 Å². The van der Waals surface area contributed by atoms with Crippen molar-refractivity contribution in [3.63, 3.8) is 0 Å². The fourth-order valence-electron chi connectivity index (χ4n) is 1.39. The molecule has 0 spiro atoms. The first-order valence-corrected chi connectivity index (χ1v) is 5.79. The van der Waals surface area contributed by atoms with E-state index in [-0.39, 0.29) is 10.8 Å². The maximum atomic E-state index is 9.73. The van der Waals surface area contributed by atoms with Crippen LogP contribution in [0.1, 0.15) is 6.92 Å². The van der Waals surface area contributed by atoms with Gasteiger partial charge in [-0.15, -0.1) is 0 Å². The summed E-state index contributed by atoms with van der Waals surface area (Å²) in [6, 6.07) is 0. The molecule has 0 aliphatic carbocycles. The van der Waals surface area contributed by atoms with Crippen LogP contribution in [0.3, 0.4) is 0 Å². The first-order valence-electron chi connectivity index (χ1n) is 5.38. The number of nitrogens with one attached hydrogen (secondary N) is 1. The SMILES string of the molecule is CNCC(C)C(=S)[C@H](O)[C@@H](O)[C@H](O)[C@H](O)CO. The van der Waals surface area contributed by atoms with E-state index in [0.717, 1.165) is 0 Å². The number of hydrogen-bond acceptors (Lipinski definition) is 7. The summed E-state index contributed by atoms with van der Waals surface area (Å²) >= 11 is 4.98. The molecular formula is C10H21NO5S. The summed E-state index contributed by atoms with van der Waals surface area (Å²) in [5, 5.41) is 49.4. The van der Waals surface area contributed by atoms with Crippen molar-refractivity contribution in [2.75, 3.05) is 20.2 Å². The standard InChI is InChI=1S/C10H21NO5S/c1-5(3-11-2)10(17)9(16)8(15)7(14)6(13)4-12/h5-9,11-16H,3-4H2,1-2H3/t5?,6-,7-,8+,9-/m1/s1. The van der Waals surface area contributed by atoms with Gasteiger partial charge in [-0.2, -0.15) is 0 Å². The number of aliphatic hydroxyl groups excluding tert-OH is 5. The number of rotatable bonds is 8. The molecule has 0 saturated carbocycles. The minimum atomic E-state index is -1.64. The van der Waals surface area contributed by atoms with E-state index < -0.39 is 31.0 Å². The number of hydrogen-bond donors (Lipinski definition) is 6. The lowest BCUT2D eigenvalue weighted by Crippen LogP contribution is -2.49. The van der Waals surface area contributed by atoms with Crippen molar-refractivity contribution < 1.29 is 25.5 Å². The topological polar surface area (TPSA) is 113 Å². The third kappa shape index (κ3) is 4.92. The second-order valence-electron chi connectivity index (χ2n) is 4.04. The Balaban J connectivity index is 4.47. The fourth-order valence-corrected chi connectivity index (χ4v) is 1.61. The molecule has 1 unspecified atom stereocenters. The van der Waals surface area contributed by atoms with Crippen LogP contribution >= 0.6 is 12.2 Å². The van der Waals surface area contributed by atoms with E-state index in [2.05, 4.69) is 5.32 Å². The van der Waals surface area contributed by atoms with Gasteiger partial charge in [-0.05, 0) is 7.05 Å². The Kier molecular flexibility index (Phi) is 7.97. The zero-order chi connectivity index (χ0) is 13.6. The molecule has 0 bridgehead atoms. The van der Waals surface area contributed by atoms with Crippen molar-refractivity contribution in [3.8, 4) is 0 Å². The molecular weight excluding hydrogens is 246 g/mol. The summed E-state index contributed by atoms with van der Waals surface area (Å²) in [5.74, 6) is -0.168. The van der Waals surface area contributed by atoms with Gasteiger partial charge in [0.15, 0.2) is 0 Å². The zero-order valence-corrected chi connectivity index (χ0v) is 10.8. The van der Waals surface area contributed by atoms with E-state index in [4.69, 9.17) is 22.4 Å². The molecule has 0 aliphatic rings. The van der Waals surface area contributed by atoms with Gasteiger partial charge >= 0.3 is 0 Å². The summed E-state index contributed by atoms with van der Waals surface area (Å²) in [6.45, 7) is 1.59. The first kappa shape index (κ1) is 16.9. The third-order valence-corrected chi connectivity index (χ3v) is 3.19. The van der Waals surface area contributed by atoms with Gasteiger partial charge in [0.2, 0.25) is 0 Å². The minimum absolute atomic E-state index is 0.168. The van der Waals surface area contributed by atoms with Crippen molar-refractivity contribution in [2.45, 2.75) is 31.3 Å². The van der Waals surface area contributed by atoms with Crippen LogP contribution in [0.2, 0.25) is 0 Å². The fraction of sp³-hybridized carbons (Fsp3) is 0.900. The summed E-state index contributed by atoms with van der Waals surface area (Å²) < 4.78 is 0. The first-order chi connectivity index (χ1) is 7.86. The second-order valence-corrected chi connectivity index (χ2v) is 4.51. The number of aliphatic hydroxyl groups is 5. The van der Waals surface area contributed by atoms with Crippen molar-refractivity contribution in [3.05, 3.63) is 0 Å². The smallest absolute Gasteiger partial charge is 0.114 e. The van der Waals surface area contributed by atoms with Crippen molar-refractivity contribution in [2.24, 2.45) is 5.92 Å². The van der Waals surface area contributed by atoms with Crippen LogP contribution in [-0.2, 0) is 0 Å². The zero-order valence-electron chi connectivity index (χ0n) is 9.95. The van der Waals surface area contributed by atoms with Crippen molar-refractivity contribution >= 4 is 17.1 Å². The molecule has 0 aromatic rings. The van der Waals surface area contributed by atoms with E-state index in [1.54, 1.807) is 14.0 Å². The lowest BCUT2D eigenvalue weighted by atomic mass is 9.95. The minimum Gasteiger partial charge on any atom is -0.394 e. The maximum absolute atomic E-state index is 9.73. The molecule has 5 atom stereocenters. The highest BCUT2D eigenvalue weighted by atomic mass is 32.1. The largest absolute Gasteiger partial charge is 0.394 e. The third-order valence-electron chi connectivity index (χ3n) is 2.54. The Bertz CT molecular complexity index is 241. The normalized spacial score (nSPS) is 20.4. The predicted octanol–water partition coefficient (Wildman–Crippen LogP) is -2.35. The van der Waals surface area contributed by atoms with Crippen molar-refractivity contribution in [1.82, 2.24) is 5.32 Å². The molecule has 0 rings (SSSR count). The van der Waals surface area contributed by atoms with E-state index >= 15 is 0 Å². The van der Waals surface area contributed by atoms with Crippen LogP contribution in [0.25, 0.3) is 0 Å². The summed E-state index contributed by atoms with van der Waals surface area (Å²) in [5.41, 5.74) is 0. The van der Waals surface area contributed by atoms with Gasteiger partial charge in [0, 0.05) is 17.3 Å². The Morgan fingerprint density at radius 1 is 1.18 bits per heavy atom. The molecule has 0 aliphatic heterocycles. The highest BCUT2D eigenvalue weighted by molar-refractivity contribution is 7.80. The van der Waals surface area contributed by atoms with Crippen LogP contribution in [0.4, 0.5) is 0 Å². The van der Waals surface area contributed by atoms with E-state index in [1.807, 2.05) is 0 Å². The van der Waals surface area contributed by atoms with Gasteiger partial charge in [0.1, 0.15) is 24.4 Å². The lowest BCUT2D eigenvalue weighted by Gasteiger charge is -2.27. The summed E-state index contributed by atoms with van der Waals surface area (Å²) in [7, 11) is 1.73. The van der Waals surface area contributed by atoms with Crippen LogP contribution in [0.15, 0.2) is 0 Å². The van der Waals surface area contributed by atoms with Gasteiger partial charge in [-0.25, -0.2) is 0 Å². The number of thiocarbonyl (C=S) groups is 1. The molecule has 6 N–H and O–H groups in total. The van der Waals surface area contributed by atoms with Crippen LogP contribution in [-0.4, -0.2) is 75.0 Å². The molecule has 0 aromatic heterocycles. The molecule has 6 nitrogen and oxygen atoms in total. The average Bonchev–Trinajstić information content (AvgIpc) is 2.34. The van der Waals surface area contributed by atoms with Crippen molar-refractivity contribution in [1.29, 1.82) is 0 Å². The Labute approximate surface area is 106 Å². The summed E-state index contributed by atoms with van der Waals surface area (Å²) in [4.78, 5) is 0.191. The molecule has 0 radical (unpaired) electrons. The molecule has 7 heteroatoms. The molecule has 0 amide bonds. The quantitative estimate of drug-likeness (QED) is 0.273. The van der Waals surface area contributed by atoms with E-state index in [1.165, 1.54) is 0 Å². The van der Waals surface area contributed by atoms with Gasteiger partial charge in [0.25, 0.3) is 0 Å². The van der Waals surface area contributed by atoms with Crippen LogP contribution < -0.4 is 5.32 Å². The average molecular weight is 267 g/mol. The Morgan fingerprint density at radius 3 is 2.12 bits per heavy atom. The molecule has 0 aromatic carbocycles. The van der Waals surface area contributed by atoms with E-state index in [9.17, 15) is 15.3 Å². The van der Waals surface area contributed by atoms with E-state index in [0.29, 0.717) is 6.54 Å². The molecule has 17 heavy (non-hydrogen) atoms. The van der Waals surface area contributed by atoms with Crippen LogP contribution in [0, 0.1) is 5.92 Å². The highest BCUT2D eigenvalue weighted by Gasteiger charge is 2.33. The van der Waals surface area contributed by atoms with Gasteiger partial charge in [-0.3, -0.25) is 0 Å². The molecule has 0 saturated heterocycles. The summed E-state index contributed by atoms with van der Waals surface area (Å²) in [6.07, 6.45) is -6.20. The Hall–Kier alpha value is -0.150. The Morgan fingerprint density at radius 2 is 1.71 bits per heavy atom. The highest BCUT2D eigenvalue weighted by Crippen LogP contribution is 2.11. The monoisotopic (exact) mass is 267 g/mol. The maximum Gasteiger partial charge on any atom is 0.114 e. The molecule has 0 heterocycles. The van der Waals surface area contributed by atoms with Crippen LogP contribution in [0.5, 0.6) is 0 Å². The predicted molar refractivity (Wildman–Crippen MR) is 66.8 cm³/mol. The van der Waals surface area contributed by atoms with Gasteiger partial charge < -0.3 is 30.8 Å². The molecule has 0 fully saturated rings. The van der Waals surface area contributed by atoms with Gasteiger partial charge in [-0.1, -0.05) is 19.1 Å². The lowest BCUT2D eigenvalue weighted by molar-refractivity contribution is -0.101. The second kappa shape index (κ2) is 8.04.